The van der Waals surface area contributed by atoms with Crippen LogP contribution in [-0.2, 0) is 14.1 Å². The average Bonchev–Trinajstić information content (AvgIpc) is 3.26. The molecule has 1 N–H and O–H groups in total. The van der Waals surface area contributed by atoms with Crippen molar-refractivity contribution < 1.29 is 4.79 Å². The standard InChI is InChI=1S/C13H14N4O3/c1-16-10-9(12(19)17(2)13(16)20)5-7(6-14-10)11(18)15-8-3-4-8/h5-6,8H,3-4H2,1-2H3,(H,15,18). The second-order valence-electron chi connectivity index (χ2n) is 5.05. The van der Waals surface area contributed by atoms with E-state index < -0.39 is 11.2 Å². The molecule has 1 amide bonds. The van der Waals surface area contributed by atoms with Crippen LogP contribution in [0.25, 0.3) is 11.0 Å². The van der Waals surface area contributed by atoms with E-state index in [0.717, 1.165) is 17.4 Å². The summed E-state index contributed by atoms with van der Waals surface area (Å²) in [6, 6.07) is 1.73. The first-order valence-electron chi connectivity index (χ1n) is 6.35. The Morgan fingerprint density at radius 2 is 2.00 bits per heavy atom. The number of hydrogen-bond donors (Lipinski definition) is 1. The van der Waals surface area contributed by atoms with E-state index in [1.54, 1.807) is 7.05 Å². The van der Waals surface area contributed by atoms with Crippen molar-refractivity contribution >= 4 is 16.9 Å². The van der Waals surface area contributed by atoms with Crippen molar-refractivity contribution in [1.29, 1.82) is 0 Å². The predicted octanol–water partition coefficient (Wildman–Crippen LogP) is -0.476. The third-order valence-electron chi connectivity index (χ3n) is 3.47. The minimum atomic E-state index is -0.448. The number of carbonyl (C=O) groups is 1. The van der Waals surface area contributed by atoms with Gasteiger partial charge in [-0.15, -0.1) is 0 Å². The lowest BCUT2D eigenvalue weighted by atomic mass is 10.2. The maximum Gasteiger partial charge on any atom is 0.332 e. The molecular weight excluding hydrogens is 260 g/mol. The second-order valence-corrected chi connectivity index (χ2v) is 5.05. The summed E-state index contributed by atoms with van der Waals surface area (Å²) in [5.74, 6) is -0.238. The molecular formula is C13H14N4O3. The molecule has 104 valence electrons. The van der Waals surface area contributed by atoms with Crippen LogP contribution in [0.3, 0.4) is 0 Å². The normalized spacial score (nSPS) is 14.5. The minimum absolute atomic E-state index is 0.237. The number of rotatable bonds is 2. The molecule has 0 aromatic carbocycles. The van der Waals surface area contributed by atoms with E-state index in [1.165, 1.54) is 23.9 Å². The maximum absolute atomic E-state index is 12.1. The van der Waals surface area contributed by atoms with E-state index in [4.69, 9.17) is 0 Å². The Morgan fingerprint density at radius 3 is 2.65 bits per heavy atom. The van der Waals surface area contributed by atoms with Gasteiger partial charge in [0.2, 0.25) is 0 Å². The van der Waals surface area contributed by atoms with Gasteiger partial charge in [-0.05, 0) is 18.9 Å². The monoisotopic (exact) mass is 274 g/mol. The van der Waals surface area contributed by atoms with E-state index in [0.29, 0.717) is 5.56 Å². The molecule has 7 nitrogen and oxygen atoms in total. The van der Waals surface area contributed by atoms with Crippen LogP contribution in [-0.4, -0.2) is 26.1 Å². The fraction of sp³-hybridized carbons (Fsp3) is 0.385. The maximum atomic E-state index is 12.1. The quantitative estimate of drug-likeness (QED) is 0.801. The van der Waals surface area contributed by atoms with Crippen LogP contribution in [0.2, 0.25) is 0 Å². The molecule has 2 aromatic rings. The number of nitrogens with one attached hydrogen (secondary N) is 1. The lowest BCUT2D eigenvalue weighted by molar-refractivity contribution is 0.0951. The van der Waals surface area contributed by atoms with E-state index in [-0.39, 0.29) is 23.0 Å². The van der Waals surface area contributed by atoms with Crippen molar-refractivity contribution in [3.8, 4) is 0 Å². The zero-order valence-corrected chi connectivity index (χ0v) is 11.2. The van der Waals surface area contributed by atoms with Gasteiger partial charge in [0.25, 0.3) is 11.5 Å². The highest BCUT2D eigenvalue weighted by Gasteiger charge is 2.24. The molecule has 1 fully saturated rings. The Bertz CT molecular complexity index is 830. The Labute approximate surface area is 113 Å². The molecule has 1 aliphatic carbocycles. The highest BCUT2D eigenvalue weighted by molar-refractivity contribution is 5.97. The summed E-state index contributed by atoms with van der Waals surface area (Å²) in [7, 11) is 2.95. The molecule has 0 atom stereocenters. The van der Waals surface area contributed by atoms with Crippen LogP contribution in [0.15, 0.2) is 21.9 Å². The molecule has 0 unspecified atom stereocenters. The smallest absolute Gasteiger partial charge is 0.332 e. The molecule has 3 rings (SSSR count). The van der Waals surface area contributed by atoms with Gasteiger partial charge in [-0.2, -0.15) is 0 Å². The molecule has 0 bridgehead atoms. The number of nitrogens with zero attached hydrogens (tertiary/aromatic N) is 3. The summed E-state index contributed by atoms with van der Waals surface area (Å²) < 4.78 is 2.30. The zero-order valence-electron chi connectivity index (χ0n) is 11.2. The van der Waals surface area contributed by atoms with Gasteiger partial charge < -0.3 is 5.32 Å². The third-order valence-corrected chi connectivity index (χ3v) is 3.47. The fourth-order valence-corrected chi connectivity index (χ4v) is 2.09. The topological polar surface area (TPSA) is 86.0 Å². The number of amides is 1. The van der Waals surface area contributed by atoms with Gasteiger partial charge in [-0.3, -0.25) is 18.7 Å². The Morgan fingerprint density at radius 1 is 1.30 bits per heavy atom. The highest BCUT2D eigenvalue weighted by Crippen LogP contribution is 2.19. The van der Waals surface area contributed by atoms with Gasteiger partial charge >= 0.3 is 5.69 Å². The van der Waals surface area contributed by atoms with E-state index in [9.17, 15) is 14.4 Å². The Kier molecular flexibility index (Phi) is 2.70. The first-order valence-corrected chi connectivity index (χ1v) is 6.35. The average molecular weight is 274 g/mol. The number of hydrogen-bond acceptors (Lipinski definition) is 4. The van der Waals surface area contributed by atoms with Gasteiger partial charge in [-0.1, -0.05) is 0 Å². The van der Waals surface area contributed by atoms with Crippen LogP contribution in [0, 0.1) is 0 Å². The van der Waals surface area contributed by atoms with Crippen LogP contribution in [0.5, 0.6) is 0 Å². The van der Waals surface area contributed by atoms with Crippen LogP contribution in [0.4, 0.5) is 0 Å². The molecule has 1 saturated carbocycles. The summed E-state index contributed by atoms with van der Waals surface area (Å²) >= 11 is 0. The molecule has 0 saturated heterocycles. The first kappa shape index (κ1) is 12.6. The first-order chi connectivity index (χ1) is 9.49. The summed E-state index contributed by atoms with van der Waals surface area (Å²) in [6.45, 7) is 0. The van der Waals surface area contributed by atoms with Crippen molar-refractivity contribution in [3.05, 3.63) is 38.7 Å². The number of carbonyl (C=O) groups excluding carboxylic acids is 1. The number of aromatic nitrogens is 3. The summed E-state index contributed by atoms with van der Waals surface area (Å²) in [6.07, 6.45) is 3.37. The molecule has 1 aliphatic rings. The van der Waals surface area contributed by atoms with E-state index in [1.807, 2.05) is 0 Å². The van der Waals surface area contributed by atoms with E-state index >= 15 is 0 Å². The number of aryl methyl sites for hydroxylation is 1. The third kappa shape index (κ3) is 1.91. The van der Waals surface area contributed by atoms with Gasteiger partial charge in [0, 0.05) is 26.3 Å². The van der Waals surface area contributed by atoms with Gasteiger partial charge in [0.1, 0.15) is 5.65 Å². The minimum Gasteiger partial charge on any atom is -0.349 e. The molecule has 2 heterocycles. The molecule has 20 heavy (non-hydrogen) atoms. The summed E-state index contributed by atoms with van der Waals surface area (Å²) in [5, 5.41) is 3.10. The summed E-state index contributed by atoms with van der Waals surface area (Å²) in [5.41, 5.74) is -0.275. The van der Waals surface area contributed by atoms with Gasteiger partial charge in [0.15, 0.2) is 0 Å². The fourth-order valence-electron chi connectivity index (χ4n) is 2.09. The van der Waals surface area contributed by atoms with Crippen LogP contribution >= 0.6 is 0 Å². The van der Waals surface area contributed by atoms with Crippen molar-refractivity contribution in [3.63, 3.8) is 0 Å². The molecule has 0 radical (unpaired) electrons. The molecule has 0 spiro atoms. The summed E-state index contributed by atoms with van der Waals surface area (Å²) in [4.78, 5) is 39.9. The SMILES string of the molecule is Cn1c(=O)c2cc(C(=O)NC3CC3)cnc2n(C)c1=O. The number of fused-ring (bicyclic) bond motifs is 1. The van der Waals surface area contributed by atoms with Crippen molar-refractivity contribution in [2.24, 2.45) is 14.1 Å². The lowest BCUT2D eigenvalue weighted by Gasteiger charge is -2.08. The van der Waals surface area contributed by atoms with Crippen molar-refractivity contribution in [2.45, 2.75) is 18.9 Å². The van der Waals surface area contributed by atoms with Gasteiger partial charge in [0.05, 0.1) is 10.9 Å². The van der Waals surface area contributed by atoms with Crippen LogP contribution in [0.1, 0.15) is 23.2 Å². The predicted molar refractivity (Wildman–Crippen MR) is 72.7 cm³/mol. The van der Waals surface area contributed by atoms with E-state index in [2.05, 4.69) is 10.3 Å². The van der Waals surface area contributed by atoms with Crippen LogP contribution < -0.4 is 16.6 Å². The Balaban J connectivity index is 2.17. The molecule has 7 heteroatoms. The molecule has 0 aliphatic heterocycles. The number of pyridine rings is 1. The highest BCUT2D eigenvalue weighted by atomic mass is 16.2. The second kappa shape index (κ2) is 4.29. The lowest BCUT2D eigenvalue weighted by Crippen LogP contribution is -2.37. The zero-order chi connectivity index (χ0) is 14.4. The molecule has 2 aromatic heterocycles. The van der Waals surface area contributed by atoms with Crippen molar-refractivity contribution in [1.82, 2.24) is 19.4 Å². The van der Waals surface area contributed by atoms with Gasteiger partial charge in [-0.25, -0.2) is 9.78 Å². The Hall–Kier alpha value is -2.44. The largest absolute Gasteiger partial charge is 0.349 e. The van der Waals surface area contributed by atoms with Crippen molar-refractivity contribution in [2.75, 3.05) is 0 Å².